The molecule has 1 saturated heterocycles. The van der Waals surface area contributed by atoms with E-state index in [9.17, 15) is 4.79 Å². The van der Waals surface area contributed by atoms with Gasteiger partial charge in [0.25, 0.3) is 0 Å². The number of benzene rings is 2. The molecule has 0 atom stereocenters. The first-order chi connectivity index (χ1) is 12.0. The van der Waals surface area contributed by atoms with E-state index in [-0.39, 0.29) is 6.03 Å². The van der Waals surface area contributed by atoms with Crippen LogP contribution in [-0.4, -0.2) is 42.0 Å². The van der Waals surface area contributed by atoms with Gasteiger partial charge in [0.05, 0.1) is 0 Å². The summed E-state index contributed by atoms with van der Waals surface area (Å²) in [4.78, 5) is 16.9. The molecule has 0 unspecified atom stereocenters. The summed E-state index contributed by atoms with van der Waals surface area (Å²) < 4.78 is 0. The van der Waals surface area contributed by atoms with Gasteiger partial charge in [0.15, 0.2) is 0 Å². The van der Waals surface area contributed by atoms with Crippen molar-refractivity contribution in [1.29, 1.82) is 0 Å². The van der Waals surface area contributed by atoms with Gasteiger partial charge in [0, 0.05) is 38.4 Å². The van der Waals surface area contributed by atoms with E-state index in [1.54, 1.807) is 0 Å². The minimum atomic E-state index is 0.00362. The molecule has 25 heavy (non-hydrogen) atoms. The van der Waals surface area contributed by atoms with E-state index in [1.165, 1.54) is 16.7 Å². The average Bonchev–Trinajstić information content (AvgIpc) is 2.59. The number of amides is 2. The van der Waals surface area contributed by atoms with Crippen LogP contribution in [0.5, 0.6) is 0 Å². The largest absolute Gasteiger partial charge is 0.322 e. The van der Waals surface area contributed by atoms with Crippen LogP contribution in [0.3, 0.4) is 0 Å². The number of nitrogens with zero attached hydrogens (tertiary/aromatic N) is 2. The molecular weight excluding hydrogens is 310 g/mol. The normalized spacial score (nSPS) is 15.2. The molecule has 0 bridgehead atoms. The number of anilines is 1. The molecule has 2 aromatic carbocycles. The van der Waals surface area contributed by atoms with Crippen LogP contribution in [0.2, 0.25) is 0 Å². The van der Waals surface area contributed by atoms with Crippen LogP contribution >= 0.6 is 0 Å². The molecule has 1 N–H and O–H groups in total. The Bertz CT molecular complexity index is 749. The Kier molecular flexibility index (Phi) is 5.39. The number of urea groups is 1. The predicted molar refractivity (Wildman–Crippen MR) is 103 cm³/mol. The zero-order valence-corrected chi connectivity index (χ0v) is 15.4. The van der Waals surface area contributed by atoms with Gasteiger partial charge in [-0.3, -0.25) is 4.90 Å². The van der Waals surface area contributed by atoms with E-state index in [2.05, 4.69) is 54.4 Å². The molecule has 1 aliphatic heterocycles. The minimum absolute atomic E-state index is 0.00362. The van der Waals surface area contributed by atoms with Crippen molar-refractivity contribution >= 4 is 11.7 Å². The van der Waals surface area contributed by atoms with E-state index < -0.39 is 0 Å². The average molecular weight is 337 g/mol. The smallest absolute Gasteiger partial charge is 0.321 e. The Morgan fingerprint density at radius 2 is 1.72 bits per heavy atom. The summed E-state index contributed by atoms with van der Waals surface area (Å²) in [6.45, 7) is 10.5. The van der Waals surface area contributed by atoms with Crippen LogP contribution in [0.4, 0.5) is 10.5 Å². The van der Waals surface area contributed by atoms with Crippen LogP contribution in [0.25, 0.3) is 0 Å². The Morgan fingerprint density at radius 3 is 2.44 bits per heavy atom. The molecule has 4 nitrogen and oxygen atoms in total. The number of carbonyl (C=O) groups excluding carboxylic acids is 1. The molecule has 0 aromatic heterocycles. The summed E-state index contributed by atoms with van der Waals surface area (Å²) in [6.07, 6.45) is 0. The fraction of sp³-hybridized carbons (Fsp3) is 0.381. The third-order valence-electron chi connectivity index (χ3n) is 4.99. The zero-order valence-electron chi connectivity index (χ0n) is 15.4. The number of nitrogens with one attached hydrogen (secondary N) is 1. The maximum Gasteiger partial charge on any atom is 0.321 e. The molecule has 1 fully saturated rings. The molecular formula is C21H27N3O. The van der Waals surface area contributed by atoms with Crippen LogP contribution < -0.4 is 5.32 Å². The maximum atomic E-state index is 12.5. The molecule has 4 heteroatoms. The van der Waals surface area contributed by atoms with Crippen LogP contribution in [0.15, 0.2) is 42.5 Å². The van der Waals surface area contributed by atoms with Crippen molar-refractivity contribution in [2.75, 3.05) is 31.5 Å². The lowest BCUT2D eigenvalue weighted by atomic mass is 10.1. The lowest BCUT2D eigenvalue weighted by Crippen LogP contribution is -2.49. The van der Waals surface area contributed by atoms with Gasteiger partial charge in [-0.2, -0.15) is 0 Å². The summed E-state index contributed by atoms with van der Waals surface area (Å²) in [6, 6.07) is 14.7. The molecule has 132 valence electrons. The van der Waals surface area contributed by atoms with Gasteiger partial charge in [-0.25, -0.2) is 4.79 Å². The van der Waals surface area contributed by atoms with Crippen LogP contribution in [0, 0.1) is 20.8 Å². The van der Waals surface area contributed by atoms with E-state index in [4.69, 9.17) is 0 Å². The van der Waals surface area contributed by atoms with E-state index in [0.29, 0.717) is 0 Å². The summed E-state index contributed by atoms with van der Waals surface area (Å²) >= 11 is 0. The van der Waals surface area contributed by atoms with Gasteiger partial charge >= 0.3 is 6.03 Å². The zero-order chi connectivity index (χ0) is 17.8. The van der Waals surface area contributed by atoms with Crippen molar-refractivity contribution in [2.24, 2.45) is 0 Å². The van der Waals surface area contributed by atoms with Crippen LogP contribution in [0.1, 0.15) is 22.3 Å². The van der Waals surface area contributed by atoms with Crippen molar-refractivity contribution in [1.82, 2.24) is 9.80 Å². The predicted octanol–water partition coefficient (Wildman–Crippen LogP) is 3.96. The van der Waals surface area contributed by atoms with Crippen LogP contribution in [-0.2, 0) is 6.54 Å². The van der Waals surface area contributed by atoms with Gasteiger partial charge in [-0.15, -0.1) is 0 Å². The second-order valence-electron chi connectivity index (χ2n) is 6.93. The second kappa shape index (κ2) is 7.70. The van der Waals surface area contributed by atoms with Gasteiger partial charge in [0.2, 0.25) is 0 Å². The molecule has 0 spiro atoms. The number of aryl methyl sites for hydroxylation is 2. The number of carbonyl (C=O) groups is 1. The topological polar surface area (TPSA) is 35.6 Å². The highest BCUT2D eigenvalue weighted by Crippen LogP contribution is 2.19. The van der Waals surface area contributed by atoms with Crippen molar-refractivity contribution in [3.63, 3.8) is 0 Å². The number of hydrogen-bond acceptors (Lipinski definition) is 2. The summed E-state index contributed by atoms with van der Waals surface area (Å²) in [5, 5.41) is 3.06. The Labute approximate surface area is 150 Å². The highest BCUT2D eigenvalue weighted by molar-refractivity contribution is 5.90. The van der Waals surface area contributed by atoms with Gasteiger partial charge in [0.1, 0.15) is 0 Å². The second-order valence-corrected chi connectivity index (χ2v) is 6.93. The maximum absolute atomic E-state index is 12.5. The molecule has 2 aromatic rings. The first-order valence-electron chi connectivity index (χ1n) is 8.93. The summed E-state index contributed by atoms with van der Waals surface area (Å²) in [7, 11) is 0. The van der Waals surface area contributed by atoms with Gasteiger partial charge in [-0.05, 0) is 43.5 Å². The molecule has 3 rings (SSSR count). The van der Waals surface area contributed by atoms with Crippen molar-refractivity contribution in [2.45, 2.75) is 27.3 Å². The Morgan fingerprint density at radius 1 is 1.00 bits per heavy atom. The third-order valence-corrected chi connectivity index (χ3v) is 4.99. The molecule has 0 radical (unpaired) electrons. The lowest BCUT2D eigenvalue weighted by molar-refractivity contribution is 0.143. The van der Waals surface area contributed by atoms with Crippen molar-refractivity contribution < 1.29 is 4.79 Å². The number of hydrogen-bond donors (Lipinski definition) is 1. The Hall–Kier alpha value is -2.33. The standard InChI is InChI=1S/C21H27N3O/c1-16-6-4-8-19(14-16)15-23-10-12-24(13-11-23)21(25)22-20-9-5-7-17(2)18(20)3/h4-9,14H,10-13,15H2,1-3H3,(H,22,25). The Balaban J connectivity index is 1.53. The fourth-order valence-corrected chi connectivity index (χ4v) is 3.26. The minimum Gasteiger partial charge on any atom is -0.322 e. The summed E-state index contributed by atoms with van der Waals surface area (Å²) in [5.41, 5.74) is 5.87. The lowest BCUT2D eigenvalue weighted by Gasteiger charge is -2.34. The highest BCUT2D eigenvalue weighted by Gasteiger charge is 2.21. The van der Waals surface area contributed by atoms with E-state index >= 15 is 0 Å². The molecule has 1 aliphatic rings. The SMILES string of the molecule is Cc1cccc(CN2CCN(C(=O)Nc3cccc(C)c3C)CC2)c1. The fourth-order valence-electron chi connectivity index (χ4n) is 3.26. The highest BCUT2D eigenvalue weighted by atomic mass is 16.2. The first kappa shape index (κ1) is 17.5. The number of rotatable bonds is 3. The van der Waals surface area contributed by atoms with Crippen molar-refractivity contribution in [3.8, 4) is 0 Å². The molecule has 1 heterocycles. The molecule has 0 saturated carbocycles. The summed E-state index contributed by atoms with van der Waals surface area (Å²) in [5.74, 6) is 0. The molecule has 2 amide bonds. The monoisotopic (exact) mass is 337 g/mol. The van der Waals surface area contributed by atoms with E-state index in [0.717, 1.165) is 44.0 Å². The van der Waals surface area contributed by atoms with E-state index in [1.807, 2.05) is 24.0 Å². The van der Waals surface area contributed by atoms with Gasteiger partial charge < -0.3 is 10.2 Å². The number of piperazine rings is 1. The van der Waals surface area contributed by atoms with Gasteiger partial charge in [-0.1, -0.05) is 42.0 Å². The van der Waals surface area contributed by atoms with Crippen molar-refractivity contribution in [3.05, 3.63) is 64.7 Å². The quantitative estimate of drug-likeness (QED) is 0.920. The first-order valence-corrected chi connectivity index (χ1v) is 8.93. The molecule has 0 aliphatic carbocycles. The third kappa shape index (κ3) is 4.40.